The Hall–Kier alpha value is -4.19. The molecule has 3 aromatic carbocycles. The van der Waals surface area contributed by atoms with Gasteiger partial charge < -0.3 is 10.6 Å². The van der Waals surface area contributed by atoms with Crippen LogP contribution in [0.25, 0.3) is 11.1 Å². The highest BCUT2D eigenvalue weighted by Gasteiger charge is 2.13. The van der Waals surface area contributed by atoms with Gasteiger partial charge in [-0.25, -0.2) is 0 Å². The van der Waals surface area contributed by atoms with Crippen molar-refractivity contribution in [1.82, 2.24) is 15.1 Å². The van der Waals surface area contributed by atoms with E-state index in [0.717, 1.165) is 16.7 Å². The molecule has 154 valence electrons. The van der Waals surface area contributed by atoms with E-state index >= 15 is 0 Å². The molecule has 4 rings (SSSR count). The Morgan fingerprint density at radius 2 is 1.71 bits per heavy atom. The number of carbonyl (C=O) groups is 2. The van der Waals surface area contributed by atoms with E-state index in [1.807, 2.05) is 59.4 Å². The summed E-state index contributed by atoms with van der Waals surface area (Å²) in [5.41, 5.74) is 4.53. The molecule has 6 heteroatoms. The fourth-order valence-electron chi connectivity index (χ4n) is 3.38. The number of carbonyl (C=O) groups excluding carboxylic acids is 2. The fraction of sp³-hybridized carbons (Fsp3) is 0.0800. The number of nitrogens with one attached hydrogen (secondary N) is 2. The molecule has 0 bridgehead atoms. The first kappa shape index (κ1) is 20.1. The summed E-state index contributed by atoms with van der Waals surface area (Å²) in [6.07, 6.45) is 3.68. The number of amides is 2. The van der Waals surface area contributed by atoms with Gasteiger partial charge in [-0.3, -0.25) is 14.3 Å². The average Bonchev–Trinajstić information content (AvgIpc) is 3.32. The molecule has 0 aliphatic rings. The predicted octanol–water partition coefficient (Wildman–Crippen LogP) is 4.21. The third-order valence-electron chi connectivity index (χ3n) is 4.95. The molecule has 0 aliphatic heterocycles. The highest BCUT2D eigenvalue weighted by molar-refractivity contribution is 6.09. The number of aromatic nitrogens is 2. The average molecular weight is 410 g/mol. The topological polar surface area (TPSA) is 76.0 Å². The van der Waals surface area contributed by atoms with E-state index in [0.29, 0.717) is 23.4 Å². The lowest BCUT2D eigenvalue weighted by Crippen LogP contribution is -2.18. The van der Waals surface area contributed by atoms with E-state index < -0.39 is 0 Å². The summed E-state index contributed by atoms with van der Waals surface area (Å²) in [6, 6.07) is 24.3. The quantitative estimate of drug-likeness (QED) is 0.500. The third kappa shape index (κ3) is 4.70. The van der Waals surface area contributed by atoms with Crippen LogP contribution in [0, 0.1) is 0 Å². The Kier molecular flexibility index (Phi) is 5.89. The van der Waals surface area contributed by atoms with Gasteiger partial charge in [0.1, 0.15) is 0 Å². The summed E-state index contributed by atoms with van der Waals surface area (Å²) in [7, 11) is 1.57. The smallest absolute Gasteiger partial charge is 0.256 e. The van der Waals surface area contributed by atoms with Gasteiger partial charge in [0.2, 0.25) is 0 Å². The van der Waals surface area contributed by atoms with E-state index in [1.165, 1.54) is 0 Å². The van der Waals surface area contributed by atoms with E-state index in [1.54, 1.807) is 43.6 Å². The second-order valence-corrected chi connectivity index (χ2v) is 7.06. The summed E-state index contributed by atoms with van der Waals surface area (Å²) < 4.78 is 1.86. The molecule has 31 heavy (non-hydrogen) atoms. The zero-order valence-electron chi connectivity index (χ0n) is 17.1. The zero-order chi connectivity index (χ0) is 21.6. The molecular weight excluding hydrogens is 388 g/mol. The first-order valence-corrected chi connectivity index (χ1v) is 9.93. The van der Waals surface area contributed by atoms with Crippen molar-refractivity contribution in [2.45, 2.75) is 6.54 Å². The van der Waals surface area contributed by atoms with Crippen LogP contribution in [0.15, 0.2) is 91.3 Å². The van der Waals surface area contributed by atoms with Crippen molar-refractivity contribution in [2.24, 2.45) is 0 Å². The highest BCUT2D eigenvalue weighted by Crippen LogP contribution is 2.25. The maximum atomic E-state index is 13.0. The summed E-state index contributed by atoms with van der Waals surface area (Å²) in [5.74, 6) is -0.433. The van der Waals surface area contributed by atoms with E-state index in [-0.39, 0.29) is 11.8 Å². The van der Waals surface area contributed by atoms with Crippen LogP contribution in [-0.4, -0.2) is 28.6 Å². The van der Waals surface area contributed by atoms with Crippen molar-refractivity contribution < 1.29 is 9.59 Å². The zero-order valence-corrected chi connectivity index (χ0v) is 17.1. The van der Waals surface area contributed by atoms with Crippen LogP contribution in [0.3, 0.4) is 0 Å². The minimum absolute atomic E-state index is 0.202. The second kappa shape index (κ2) is 9.09. The van der Waals surface area contributed by atoms with Crippen molar-refractivity contribution in [3.63, 3.8) is 0 Å². The minimum atomic E-state index is -0.231. The molecule has 6 nitrogen and oxygen atoms in total. The molecule has 0 fully saturated rings. The molecule has 2 amide bonds. The summed E-state index contributed by atoms with van der Waals surface area (Å²) in [4.78, 5) is 24.9. The molecule has 1 heterocycles. The third-order valence-corrected chi connectivity index (χ3v) is 4.95. The molecule has 2 N–H and O–H groups in total. The normalized spacial score (nSPS) is 10.5. The number of hydrogen-bond acceptors (Lipinski definition) is 3. The Balaban J connectivity index is 1.56. The Morgan fingerprint density at radius 3 is 2.45 bits per heavy atom. The fourth-order valence-corrected chi connectivity index (χ4v) is 3.38. The second-order valence-electron chi connectivity index (χ2n) is 7.06. The predicted molar refractivity (Wildman–Crippen MR) is 121 cm³/mol. The Bertz CT molecular complexity index is 1200. The molecule has 0 unspecified atom stereocenters. The van der Waals surface area contributed by atoms with Crippen molar-refractivity contribution >= 4 is 17.5 Å². The van der Waals surface area contributed by atoms with Gasteiger partial charge in [-0.2, -0.15) is 5.10 Å². The molecule has 4 aromatic rings. The number of nitrogens with zero attached hydrogens (tertiary/aromatic N) is 2. The number of hydrogen-bond donors (Lipinski definition) is 2. The van der Waals surface area contributed by atoms with Crippen LogP contribution in [0.4, 0.5) is 5.69 Å². The molecular formula is C25H22N4O2. The number of benzene rings is 3. The lowest BCUT2D eigenvalue weighted by atomic mass is 9.98. The van der Waals surface area contributed by atoms with E-state index in [9.17, 15) is 9.59 Å². The lowest BCUT2D eigenvalue weighted by molar-refractivity contribution is 0.0961. The standard InChI is InChI=1S/C25H22N4O2/c1-26-24(30)20-6-4-7-21(16-20)28-25(31)23-9-3-2-8-22(23)19-12-10-18(11-13-19)17-29-15-5-14-27-29/h2-16H,17H2,1H3,(H,26,30)(H,28,31). The van der Waals surface area contributed by atoms with E-state index in [2.05, 4.69) is 15.7 Å². The molecule has 0 aliphatic carbocycles. The maximum absolute atomic E-state index is 13.0. The molecule has 0 saturated carbocycles. The molecule has 1 aromatic heterocycles. The summed E-state index contributed by atoms with van der Waals surface area (Å²) in [5, 5.41) is 9.71. The largest absolute Gasteiger partial charge is 0.355 e. The van der Waals surface area contributed by atoms with Crippen molar-refractivity contribution in [3.05, 3.63) is 108 Å². The molecule has 0 atom stereocenters. The number of anilines is 1. The monoisotopic (exact) mass is 410 g/mol. The Morgan fingerprint density at radius 1 is 0.903 bits per heavy atom. The summed E-state index contributed by atoms with van der Waals surface area (Å²) in [6.45, 7) is 0.692. The van der Waals surface area contributed by atoms with Crippen LogP contribution >= 0.6 is 0 Å². The van der Waals surface area contributed by atoms with Crippen LogP contribution < -0.4 is 10.6 Å². The van der Waals surface area contributed by atoms with E-state index in [4.69, 9.17) is 0 Å². The van der Waals surface area contributed by atoms with Gasteiger partial charge in [0.05, 0.1) is 6.54 Å². The Labute approximate surface area is 180 Å². The number of rotatable bonds is 6. The minimum Gasteiger partial charge on any atom is -0.355 e. The highest BCUT2D eigenvalue weighted by atomic mass is 16.2. The first-order valence-electron chi connectivity index (χ1n) is 9.93. The lowest BCUT2D eigenvalue weighted by Gasteiger charge is -2.12. The van der Waals surface area contributed by atoms with Gasteiger partial charge in [0.25, 0.3) is 11.8 Å². The van der Waals surface area contributed by atoms with Crippen molar-refractivity contribution in [1.29, 1.82) is 0 Å². The maximum Gasteiger partial charge on any atom is 0.256 e. The van der Waals surface area contributed by atoms with Crippen molar-refractivity contribution in [2.75, 3.05) is 12.4 Å². The van der Waals surface area contributed by atoms with Crippen LogP contribution in [0.5, 0.6) is 0 Å². The van der Waals surface area contributed by atoms with Crippen LogP contribution in [0.1, 0.15) is 26.3 Å². The SMILES string of the molecule is CNC(=O)c1cccc(NC(=O)c2ccccc2-c2ccc(Cn3cccn3)cc2)c1. The first-order chi connectivity index (χ1) is 15.1. The molecule has 0 saturated heterocycles. The van der Waals surface area contributed by atoms with Gasteiger partial charge in [0.15, 0.2) is 0 Å². The molecule has 0 spiro atoms. The van der Waals surface area contributed by atoms with Gasteiger partial charge in [-0.15, -0.1) is 0 Å². The van der Waals surface area contributed by atoms with Crippen LogP contribution in [0.2, 0.25) is 0 Å². The molecule has 0 radical (unpaired) electrons. The van der Waals surface area contributed by atoms with Crippen LogP contribution in [-0.2, 0) is 6.54 Å². The summed E-state index contributed by atoms with van der Waals surface area (Å²) >= 11 is 0. The van der Waals surface area contributed by atoms with Gasteiger partial charge in [-0.1, -0.05) is 48.5 Å². The van der Waals surface area contributed by atoms with Gasteiger partial charge in [-0.05, 0) is 47.0 Å². The van der Waals surface area contributed by atoms with Crippen molar-refractivity contribution in [3.8, 4) is 11.1 Å². The van der Waals surface area contributed by atoms with Gasteiger partial charge >= 0.3 is 0 Å². The van der Waals surface area contributed by atoms with Gasteiger partial charge in [0, 0.05) is 36.3 Å².